The highest BCUT2D eigenvalue weighted by Gasteiger charge is 2.14. The molecule has 0 bridgehead atoms. The van der Waals surface area contributed by atoms with Crippen LogP contribution in [0.5, 0.6) is 11.5 Å². The summed E-state index contributed by atoms with van der Waals surface area (Å²) in [7, 11) is 3.33. The average Bonchev–Trinajstić information content (AvgIpc) is 2.56. The van der Waals surface area contributed by atoms with Crippen LogP contribution < -0.4 is 20.1 Å². The van der Waals surface area contributed by atoms with Crippen LogP contribution in [0.2, 0.25) is 0 Å². The van der Waals surface area contributed by atoms with Crippen LogP contribution >= 0.6 is 12.2 Å². The molecule has 2 rings (SSSR count). The highest BCUT2D eigenvalue weighted by Crippen LogP contribution is 2.30. The van der Waals surface area contributed by atoms with Gasteiger partial charge in [0.15, 0.2) is 16.6 Å². The molecule has 2 N–H and O–H groups in total. The number of hydrogen-bond acceptors (Lipinski definition) is 3. The number of benzene rings is 1. The van der Waals surface area contributed by atoms with Crippen molar-refractivity contribution in [3.8, 4) is 11.5 Å². The molecule has 128 valence electrons. The number of thiocarbonyl (C=S) groups is 1. The van der Waals surface area contributed by atoms with Crippen molar-refractivity contribution in [2.75, 3.05) is 20.8 Å². The summed E-state index contributed by atoms with van der Waals surface area (Å²) in [6.45, 7) is 2.91. The lowest BCUT2D eigenvalue weighted by Gasteiger charge is -2.24. The third kappa shape index (κ3) is 5.27. The van der Waals surface area contributed by atoms with Gasteiger partial charge in [-0.05, 0) is 61.7 Å². The highest BCUT2D eigenvalue weighted by molar-refractivity contribution is 7.80. The fourth-order valence-electron chi connectivity index (χ4n) is 3.09. The minimum atomic E-state index is 0.548. The Kier molecular flexibility index (Phi) is 6.96. The fourth-order valence-corrected chi connectivity index (χ4v) is 3.35. The third-order valence-electron chi connectivity index (χ3n) is 4.46. The van der Waals surface area contributed by atoms with Gasteiger partial charge in [-0.25, -0.2) is 0 Å². The Labute approximate surface area is 144 Å². The van der Waals surface area contributed by atoms with E-state index in [2.05, 4.69) is 17.6 Å². The molecule has 23 heavy (non-hydrogen) atoms. The summed E-state index contributed by atoms with van der Waals surface area (Å²) in [4.78, 5) is 0. The first-order chi connectivity index (χ1) is 11.1. The topological polar surface area (TPSA) is 42.5 Å². The number of aryl methyl sites for hydroxylation is 1. The summed E-state index contributed by atoms with van der Waals surface area (Å²) in [6.07, 6.45) is 7.35. The van der Waals surface area contributed by atoms with Crippen LogP contribution in [0.15, 0.2) is 12.1 Å². The van der Waals surface area contributed by atoms with Gasteiger partial charge in [0.05, 0.1) is 14.2 Å². The molecule has 5 heteroatoms. The second-order valence-electron chi connectivity index (χ2n) is 6.12. The van der Waals surface area contributed by atoms with Crippen LogP contribution in [0, 0.1) is 6.92 Å². The van der Waals surface area contributed by atoms with E-state index >= 15 is 0 Å². The van der Waals surface area contributed by atoms with Crippen molar-refractivity contribution in [1.82, 2.24) is 10.6 Å². The van der Waals surface area contributed by atoms with Gasteiger partial charge in [-0.1, -0.05) is 19.3 Å². The van der Waals surface area contributed by atoms with E-state index in [1.54, 1.807) is 14.2 Å². The van der Waals surface area contributed by atoms with Crippen molar-refractivity contribution < 1.29 is 9.47 Å². The van der Waals surface area contributed by atoms with Gasteiger partial charge in [-0.15, -0.1) is 0 Å². The van der Waals surface area contributed by atoms with Crippen molar-refractivity contribution in [3.63, 3.8) is 0 Å². The first kappa shape index (κ1) is 17.9. The van der Waals surface area contributed by atoms with Crippen molar-refractivity contribution in [2.45, 2.75) is 51.5 Å². The molecule has 4 nitrogen and oxygen atoms in total. The second-order valence-corrected chi connectivity index (χ2v) is 6.53. The molecule has 1 fully saturated rings. The van der Waals surface area contributed by atoms with Gasteiger partial charge >= 0.3 is 0 Å². The zero-order valence-corrected chi connectivity index (χ0v) is 15.2. The summed E-state index contributed by atoms with van der Waals surface area (Å²) in [5.41, 5.74) is 2.45. The van der Waals surface area contributed by atoms with Gasteiger partial charge in [0.25, 0.3) is 0 Å². The lowest BCUT2D eigenvalue weighted by Crippen LogP contribution is -2.43. The Balaban J connectivity index is 1.82. The summed E-state index contributed by atoms with van der Waals surface area (Å²) < 4.78 is 10.7. The van der Waals surface area contributed by atoms with Gasteiger partial charge < -0.3 is 20.1 Å². The van der Waals surface area contributed by atoms with Gasteiger partial charge in [-0.2, -0.15) is 0 Å². The van der Waals surface area contributed by atoms with Crippen LogP contribution in [0.4, 0.5) is 0 Å². The van der Waals surface area contributed by atoms with Crippen molar-refractivity contribution in [3.05, 3.63) is 23.3 Å². The van der Waals surface area contributed by atoms with Crippen LogP contribution in [-0.2, 0) is 6.42 Å². The van der Waals surface area contributed by atoms with E-state index in [0.29, 0.717) is 6.04 Å². The van der Waals surface area contributed by atoms with Gasteiger partial charge in [0.2, 0.25) is 0 Å². The van der Waals surface area contributed by atoms with Gasteiger partial charge in [-0.3, -0.25) is 0 Å². The van der Waals surface area contributed by atoms with E-state index in [0.717, 1.165) is 29.6 Å². The minimum absolute atomic E-state index is 0.548. The molecule has 0 spiro atoms. The van der Waals surface area contributed by atoms with E-state index in [1.807, 2.05) is 12.1 Å². The molecule has 1 saturated carbocycles. The fraction of sp³-hybridized carbons (Fsp3) is 0.611. The number of ether oxygens (including phenoxy) is 2. The molecule has 0 radical (unpaired) electrons. The van der Waals surface area contributed by atoms with Crippen LogP contribution in [0.1, 0.15) is 43.2 Å². The molecule has 1 aromatic carbocycles. The predicted molar refractivity (Wildman–Crippen MR) is 98.6 cm³/mol. The smallest absolute Gasteiger partial charge is 0.166 e. The van der Waals surface area contributed by atoms with Crippen molar-refractivity contribution in [1.29, 1.82) is 0 Å². The highest BCUT2D eigenvalue weighted by atomic mass is 32.1. The molecule has 1 aliphatic rings. The predicted octanol–water partition coefficient (Wildman–Crippen LogP) is 3.35. The number of hydrogen-bond donors (Lipinski definition) is 2. The summed E-state index contributed by atoms with van der Waals surface area (Å²) in [5, 5.41) is 7.53. The van der Waals surface area contributed by atoms with Crippen molar-refractivity contribution in [2.24, 2.45) is 0 Å². The summed E-state index contributed by atoms with van der Waals surface area (Å²) in [6, 6.07) is 4.62. The van der Waals surface area contributed by atoms with Crippen LogP contribution in [-0.4, -0.2) is 31.9 Å². The maximum absolute atomic E-state index is 5.40. The zero-order chi connectivity index (χ0) is 16.7. The van der Waals surface area contributed by atoms with E-state index in [1.165, 1.54) is 43.2 Å². The lowest BCUT2D eigenvalue weighted by atomic mass is 9.96. The Morgan fingerprint density at radius 1 is 1.13 bits per heavy atom. The molecule has 0 saturated heterocycles. The Bertz CT molecular complexity index is 528. The summed E-state index contributed by atoms with van der Waals surface area (Å²) >= 11 is 5.40. The Hall–Kier alpha value is -1.49. The standard InChI is InChI=1S/C18H28N2O2S/c1-13-11-16(21-2)17(22-3)12-14(13)9-10-19-18(23)20-15-7-5-4-6-8-15/h11-12,15H,4-10H2,1-3H3,(H2,19,20,23). The molecule has 1 aromatic rings. The third-order valence-corrected chi connectivity index (χ3v) is 4.72. The molecule has 1 aliphatic carbocycles. The molecule has 0 heterocycles. The maximum atomic E-state index is 5.40. The number of methoxy groups -OCH3 is 2. The molecule has 0 atom stereocenters. The number of rotatable bonds is 6. The molecule has 0 aromatic heterocycles. The first-order valence-corrected chi connectivity index (χ1v) is 8.80. The zero-order valence-electron chi connectivity index (χ0n) is 14.4. The van der Waals surface area contributed by atoms with E-state index < -0.39 is 0 Å². The van der Waals surface area contributed by atoms with Crippen LogP contribution in [0.3, 0.4) is 0 Å². The largest absolute Gasteiger partial charge is 0.493 e. The van der Waals surface area contributed by atoms with E-state index in [-0.39, 0.29) is 0 Å². The molecule has 0 unspecified atom stereocenters. The van der Waals surface area contributed by atoms with Gasteiger partial charge in [0, 0.05) is 12.6 Å². The Morgan fingerprint density at radius 3 is 2.43 bits per heavy atom. The molecule has 0 aliphatic heterocycles. The molecular weight excluding hydrogens is 308 g/mol. The first-order valence-electron chi connectivity index (χ1n) is 8.40. The van der Waals surface area contributed by atoms with Crippen LogP contribution in [0.25, 0.3) is 0 Å². The lowest BCUT2D eigenvalue weighted by molar-refractivity contribution is 0.354. The quantitative estimate of drug-likeness (QED) is 0.780. The molecule has 0 amide bonds. The molecular formula is C18H28N2O2S. The Morgan fingerprint density at radius 2 is 1.78 bits per heavy atom. The van der Waals surface area contributed by atoms with Crippen molar-refractivity contribution >= 4 is 17.3 Å². The average molecular weight is 337 g/mol. The number of nitrogens with one attached hydrogen (secondary N) is 2. The maximum Gasteiger partial charge on any atom is 0.166 e. The minimum Gasteiger partial charge on any atom is -0.493 e. The second kappa shape index (κ2) is 8.96. The monoisotopic (exact) mass is 336 g/mol. The van der Waals surface area contributed by atoms with E-state index in [9.17, 15) is 0 Å². The normalized spacial score (nSPS) is 15.1. The van der Waals surface area contributed by atoms with Gasteiger partial charge in [0.1, 0.15) is 0 Å². The summed E-state index contributed by atoms with van der Waals surface area (Å²) in [5.74, 6) is 1.55. The SMILES string of the molecule is COc1cc(C)c(CCNC(=S)NC2CCCCC2)cc1OC. The van der Waals surface area contributed by atoms with E-state index in [4.69, 9.17) is 21.7 Å².